The molecule has 1 rings (SSSR count). The molecule has 0 aromatic rings. The summed E-state index contributed by atoms with van der Waals surface area (Å²) >= 11 is 0. The largest absolute Gasteiger partial charge is 0.490 e. The predicted octanol–water partition coefficient (Wildman–Crippen LogP) is 3.71. The second-order valence-corrected chi connectivity index (χ2v) is 10.1. The summed E-state index contributed by atoms with van der Waals surface area (Å²) in [4.78, 5) is 48.1. The number of hydrogen-bond acceptors (Lipinski definition) is 7. The molecule has 3 unspecified atom stereocenters. The van der Waals surface area contributed by atoms with Gasteiger partial charge in [-0.3, -0.25) is 9.59 Å². The van der Waals surface area contributed by atoms with Gasteiger partial charge in [0.25, 0.3) is 0 Å². The minimum Gasteiger partial charge on any atom is -0.490 e. The lowest BCUT2D eigenvalue weighted by Gasteiger charge is -2.29. The molecule has 0 aliphatic carbocycles. The lowest BCUT2D eigenvalue weighted by molar-refractivity contribution is -0.149. The van der Waals surface area contributed by atoms with E-state index in [1.54, 1.807) is 31.2 Å². The first-order valence-corrected chi connectivity index (χ1v) is 13.0. The Labute approximate surface area is 236 Å². The van der Waals surface area contributed by atoms with Crippen LogP contribution in [0.25, 0.3) is 0 Å². The summed E-state index contributed by atoms with van der Waals surface area (Å²) in [6.07, 6.45) is 13.3. The van der Waals surface area contributed by atoms with Gasteiger partial charge in [-0.05, 0) is 31.5 Å². The second-order valence-electron chi connectivity index (χ2n) is 10.1. The van der Waals surface area contributed by atoms with Crippen LogP contribution in [0.2, 0.25) is 0 Å². The van der Waals surface area contributed by atoms with Crippen LogP contribution < -0.4 is 16.4 Å². The van der Waals surface area contributed by atoms with Gasteiger partial charge in [0, 0.05) is 31.8 Å². The highest BCUT2D eigenvalue weighted by Crippen LogP contribution is 2.20. The molecule has 40 heavy (non-hydrogen) atoms. The van der Waals surface area contributed by atoms with Crippen molar-refractivity contribution >= 4 is 23.9 Å². The number of primary amides is 1. The molecule has 0 aromatic carbocycles. The molecular weight excluding hydrogens is 514 g/mol. The Bertz CT molecular complexity index is 1110. The highest BCUT2D eigenvalue weighted by molar-refractivity contribution is 5.93. The molecule has 1 aliphatic heterocycles. The Morgan fingerprint density at radius 1 is 1.25 bits per heavy atom. The van der Waals surface area contributed by atoms with E-state index in [2.05, 4.69) is 22.5 Å². The minimum absolute atomic E-state index is 0.224. The number of amides is 3. The average Bonchev–Trinajstić information content (AvgIpc) is 2.88. The smallest absolute Gasteiger partial charge is 0.404 e. The van der Waals surface area contributed by atoms with Gasteiger partial charge in [-0.25, -0.2) is 9.59 Å². The first-order valence-electron chi connectivity index (χ1n) is 13.0. The molecule has 0 bridgehead atoms. The van der Waals surface area contributed by atoms with Gasteiger partial charge in [0.2, 0.25) is 11.8 Å². The Hall–Kier alpha value is -4.26. The van der Waals surface area contributed by atoms with Crippen molar-refractivity contribution < 1.29 is 33.4 Å². The van der Waals surface area contributed by atoms with Crippen molar-refractivity contribution in [2.75, 3.05) is 7.11 Å². The molecule has 0 fully saturated rings. The lowest BCUT2D eigenvalue weighted by Crippen LogP contribution is -2.52. The van der Waals surface area contributed by atoms with E-state index in [1.807, 2.05) is 39.8 Å². The number of carbonyl (C=O) groups is 4. The zero-order valence-electron chi connectivity index (χ0n) is 24.1. The monoisotopic (exact) mass is 555 g/mol. The molecule has 0 spiro atoms. The SMILES string of the molecule is CC#CCC(C/C=C\NC(=O)C(NC(=O)\C=C/C=C\C(C)=C\CC1CC=C(OC)C(=O)O1)C(C)(C)C)OC(N)=O. The normalized spacial score (nSPS) is 17.4. The zero-order chi connectivity index (χ0) is 30.1. The van der Waals surface area contributed by atoms with E-state index in [9.17, 15) is 19.2 Å². The van der Waals surface area contributed by atoms with Crippen LogP contribution in [0.3, 0.4) is 0 Å². The molecule has 0 radical (unpaired) electrons. The zero-order valence-corrected chi connectivity index (χ0v) is 24.1. The van der Waals surface area contributed by atoms with Crippen molar-refractivity contribution in [1.82, 2.24) is 10.6 Å². The van der Waals surface area contributed by atoms with Crippen molar-refractivity contribution in [3.8, 4) is 11.8 Å². The van der Waals surface area contributed by atoms with Crippen LogP contribution in [-0.4, -0.2) is 49.2 Å². The average molecular weight is 556 g/mol. The van der Waals surface area contributed by atoms with Crippen molar-refractivity contribution in [2.24, 2.45) is 11.1 Å². The van der Waals surface area contributed by atoms with Crippen LogP contribution in [0.5, 0.6) is 0 Å². The van der Waals surface area contributed by atoms with Crippen LogP contribution in [-0.2, 0) is 28.6 Å². The second kappa shape index (κ2) is 17.4. The van der Waals surface area contributed by atoms with E-state index >= 15 is 0 Å². The van der Waals surface area contributed by atoms with Crippen LogP contribution in [0.15, 0.2) is 60.1 Å². The summed E-state index contributed by atoms with van der Waals surface area (Å²) in [5.41, 5.74) is 5.46. The molecular formula is C30H41N3O7. The number of esters is 1. The van der Waals surface area contributed by atoms with Gasteiger partial charge in [0.1, 0.15) is 18.2 Å². The maximum absolute atomic E-state index is 12.8. The highest BCUT2D eigenvalue weighted by atomic mass is 16.6. The van der Waals surface area contributed by atoms with Gasteiger partial charge in [0.05, 0.1) is 7.11 Å². The van der Waals surface area contributed by atoms with Crippen LogP contribution in [0, 0.1) is 17.3 Å². The van der Waals surface area contributed by atoms with Crippen molar-refractivity contribution in [3.05, 3.63) is 60.1 Å². The topological polar surface area (TPSA) is 146 Å². The number of carbonyl (C=O) groups excluding carboxylic acids is 4. The third-order valence-corrected chi connectivity index (χ3v) is 5.63. The van der Waals surface area contributed by atoms with Crippen molar-refractivity contribution in [2.45, 2.75) is 78.6 Å². The fourth-order valence-corrected chi connectivity index (χ4v) is 3.49. The Morgan fingerprint density at radius 2 is 1.95 bits per heavy atom. The first kappa shape index (κ1) is 33.8. The van der Waals surface area contributed by atoms with E-state index in [1.165, 1.54) is 19.4 Å². The Kier molecular flexibility index (Phi) is 14.6. The number of cyclic esters (lactones) is 1. The molecule has 218 valence electrons. The molecule has 3 amide bonds. The van der Waals surface area contributed by atoms with E-state index < -0.39 is 41.4 Å². The maximum atomic E-state index is 12.8. The van der Waals surface area contributed by atoms with Gasteiger partial charge in [-0.2, -0.15) is 0 Å². The molecule has 4 N–H and O–H groups in total. The number of methoxy groups -OCH3 is 1. The third kappa shape index (κ3) is 13.5. The predicted molar refractivity (Wildman–Crippen MR) is 152 cm³/mol. The van der Waals surface area contributed by atoms with Gasteiger partial charge in [0.15, 0.2) is 5.76 Å². The lowest BCUT2D eigenvalue weighted by atomic mass is 9.86. The number of hydrogen-bond donors (Lipinski definition) is 3. The summed E-state index contributed by atoms with van der Waals surface area (Å²) < 4.78 is 15.3. The standard InChI is InChI=1S/C30H41N3O7/c1-7-8-13-22(40-29(31)37)14-11-20-32-27(35)26(30(3,4)5)33-25(34)15-10-9-12-21(2)16-17-23-18-19-24(38-6)28(36)39-23/h9-12,15-16,19-20,22-23,26H,13-14,17-18H2,1-6H3,(H2,31,37)(H,32,35)(H,33,34)/b12-9-,15-10-,20-11-,21-16+. The number of allylic oxidation sites excluding steroid dienone is 4. The van der Waals surface area contributed by atoms with Crippen molar-refractivity contribution in [1.29, 1.82) is 0 Å². The molecule has 1 heterocycles. The fraction of sp³-hybridized carbons (Fsp3) is 0.467. The summed E-state index contributed by atoms with van der Waals surface area (Å²) in [5, 5.41) is 5.40. The molecule has 0 saturated carbocycles. The molecule has 10 heteroatoms. The van der Waals surface area contributed by atoms with E-state index in [-0.39, 0.29) is 11.9 Å². The molecule has 1 aliphatic rings. The Balaban J connectivity index is 2.63. The molecule has 0 aromatic heterocycles. The number of rotatable bonds is 13. The van der Waals surface area contributed by atoms with Gasteiger partial charge < -0.3 is 30.6 Å². The minimum atomic E-state index is -0.893. The number of nitrogens with one attached hydrogen (secondary N) is 2. The summed E-state index contributed by atoms with van der Waals surface area (Å²) in [5.74, 6) is 4.50. The first-order chi connectivity index (χ1) is 18.9. The van der Waals surface area contributed by atoms with Gasteiger partial charge in [-0.15, -0.1) is 5.92 Å². The summed E-state index contributed by atoms with van der Waals surface area (Å²) in [7, 11) is 1.43. The quantitative estimate of drug-likeness (QED) is 0.136. The summed E-state index contributed by atoms with van der Waals surface area (Å²) in [6.45, 7) is 9.11. The van der Waals surface area contributed by atoms with Gasteiger partial charge >= 0.3 is 12.1 Å². The van der Waals surface area contributed by atoms with Crippen LogP contribution >= 0.6 is 0 Å². The molecule has 10 nitrogen and oxygen atoms in total. The Morgan fingerprint density at radius 3 is 2.55 bits per heavy atom. The van der Waals surface area contributed by atoms with E-state index in [0.29, 0.717) is 25.7 Å². The van der Waals surface area contributed by atoms with Crippen LogP contribution in [0.1, 0.15) is 60.3 Å². The number of nitrogens with two attached hydrogens (primary N) is 1. The van der Waals surface area contributed by atoms with Crippen LogP contribution in [0.4, 0.5) is 4.79 Å². The fourth-order valence-electron chi connectivity index (χ4n) is 3.49. The summed E-state index contributed by atoms with van der Waals surface area (Å²) in [6, 6.07) is -0.811. The van der Waals surface area contributed by atoms with E-state index in [0.717, 1.165) is 5.57 Å². The molecule has 3 atom stereocenters. The highest BCUT2D eigenvalue weighted by Gasteiger charge is 2.31. The maximum Gasteiger partial charge on any atom is 0.404 e. The third-order valence-electron chi connectivity index (χ3n) is 5.63. The number of ether oxygens (including phenoxy) is 3. The van der Waals surface area contributed by atoms with Crippen molar-refractivity contribution in [3.63, 3.8) is 0 Å². The van der Waals surface area contributed by atoms with Gasteiger partial charge in [-0.1, -0.05) is 62.6 Å². The van der Waals surface area contributed by atoms with E-state index in [4.69, 9.17) is 19.9 Å². The molecule has 0 saturated heterocycles.